The number of hydrogen-bond acceptors (Lipinski definition) is 2. The van der Waals surface area contributed by atoms with Crippen LogP contribution in [0.2, 0.25) is 0 Å². The lowest BCUT2D eigenvalue weighted by molar-refractivity contribution is 0.328. The molecule has 0 spiro atoms. The SMILES string of the molecule is Cc1cccc(Oc2cnn(C3CCCCC3)c2)c1. The van der Waals surface area contributed by atoms with Crippen LogP contribution in [0.25, 0.3) is 0 Å². The molecule has 0 radical (unpaired) electrons. The van der Waals surface area contributed by atoms with Crippen LogP contribution in [0.3, 0.4) is 0 Å². The van der Waals surface area contributed by atoms with Gasteiger partial charge in [0, 0.05) is 0 Å². The fraction of sp³-hybridized carbons (Fsp3) is 0.438. The molecule has 1 aromatic heterocycles. The largest absolute Gasteiger partial charge is 0.454 e. The molecule has 1 aliphatic carbocycles. The van der Waals surface area contributed by atoms with E-state index in [1.807, 2.05) is 30.6 Å². The zero-order valence-corrected chi connectivity index (χ0v) is 11.4. The Kier molecular flexibility index (Phi) is 3.53. The van der Waals surface area contributed by atoms with Crippen molar-refractivity contribution in [3.8, 4) is 11.5 Å². The van der Waals surface area contributed by atoms with Crippen molar-refractivity contribution >= 4 is 0 Å². The summed E-state index contributed by atoms with van der Waals surface area (Å²) in [7, 11) is 0. The number of benzene rings is 1. The summed E-state index contributed by atoms with van der Waals surface area (Å²) in [6.07, 6.45) is 10.3. The second kappa shape index (κ2) is 5.47. The van der Waals surface area contributed by atoms with Crippen molar-refractivity contribution in [3.05, 3.63) is 42.2 Å². The van der Waals surface area contributed by atoms with E-state index in [-0.39, 0.29) is 0 Å². The highest BCUT2D eigenvalue weighted by Gasteiger charge is 2.16. The average Bonchev–Trinajstić information content (AvgIpc) is 2.88. The van der Waals surface area contributed by atoms with Crippen molar-refractivity contribution in [2.24, 2.45) is 0 Å². The molecule has 3 nitrogen and oxygen atoms in total. The second-order valence-electron chi connectivity index (χ2n) is 5.37. The van der Waals surface area contributed by atoms with Crippen LogP contribution in [0.5, 0.6) is 11.5 Å². The molecule has 1 fully saturated rings. The summed E-state index contributed by atoms with van der Waals surface area (Å²) in [5.74, 6) is 1.71. The fourth-order valence-electron chi connectivity index (χ4n) is 2.73. The van der Waals surface area contributed by atoms with Gasteiger partial charge in [0.15, 0.2) is 5.75 Å². The first-order chi connectivity index (χ1) is 9.31. The van der Waals surface area contributed by atoms with Crippen LogP contribution >= 0.6 is 0 Å². The summed E-state index contributed by atoms with van der Waals surface area (Å²) in [5.41, 5.74) is 1.21. The molecule has 1 aliphatic rings. The monoisotopic (exact) mass is 256 g/mol. The number of ether oxygens (including phenoxy) is 1. The van der Waals surface area contributed by atoms with Crippen molar-refractivity contribution in [2.75, 3.05) is 0 Å². The summed E-state index contributed by atoms with van der Waals surface area (Å²) in [5, 5.41) is 4.45. The van der Waals surface area contributed by atoms with E-state index in [1.54, 1.807) is 0 Å². The van der Waals surface area contributed by atoms with Gasteiger partial charge in [-0.3, -0.25) is 4.68 Å². The second-order valence-corrected chi connectivity index (χ2v) is 5.37. The normalized spacial score (nSPS) is 16.5. The molecule has 100 valence electrons. The number of aromatic nitrogens is 2. The lowest BCUT2D eigenvalue weighted by atomic mass is 9.96. The molecule has 1 aromatic carbocycles. The quantitative estimate of drug-likeness (QED) is 0.809. The predicted octanol–water partition coefficient (Wildman–Crippen LogP) is 4.49. The van der Waals surface area contributed by atoms with E-state index in [9.17, 15) is 0 Å². The Morgan fingerprint density at radius 3 is 2.79 bits per heavy atom. The van der Waals surface area contributed by atoms with Crippen LogP contribution in [0.4, 0.5) is 0 Å². The highest BCUT2D eigenvalue weighted by atomic mass is 16.5. The summed E-state index contributed by atoms with van der Waals surface area (Å²) in [6.45, 7) is 2.07. The smallest absolute Gasteiger partial charge is 0.165 e. The van der Waals surface area contributed by atoms with Crippen LogP contribution in [0.1, 0.15) is 43.7 Å². The third kappa shape index (κ3) is 2.98. The van der Waals surface area contributed by atoms with Crippen LogP contribution in [-0.2, 0) is 0 Å². The molecule has 0 bridgehead atoms. The van der Waals surface area contributed by atoms with Crippen molar-refractivity contribution in [1.82, 2.24) is 9.78 Å². The van der Waals surface area contributed by atoms with Crippen LogP contribution < -0.4 is 4.74 Å². The third-order valence-electron chi connectivity index (χ3n) is 3.75. The van der Waals surface area contributed by atoms with Crippen molar-refractivity contribution in [1.29, 1.82) is 0 Å². The van der Waals surface area contributed by atoms with Crippen LogP contribution in [-0.4, -0.2) is 9.78 Å². The Balaban J connectivity index is 1.70. The number of nitrogens with zero attached hydrogens (tertiary/aromatic N) is 2. The van der Waals surface area contributed by atoms with Crippen LogP contribution in [0, 0.1) is 6.92 Å². The minimum atomic E-state index is 0.559. The average molecular weight is 256 g/mol. The van der Waals surface area contributed by atoms with Gasteiger partial charge in [-0.05, 0) is 37.5 Å². The zero-order valence-electron chi connectivity index (χ0n) is 11.4. The molecule has 3 rings (SSSR count). The van der Waals surface area contributed by atoms with Gasteiger partial charge in [-0.15, -0.1) is 0 Å². The van der Waals surface area contributed by atoms with Gasteiger partial charge in [0.05, 0.1) is 18.4 Å². The van der Waals surface area contributed by atoms with Gasteiger partial charge in [0.25, 0.3) is 0 Å². The maximum absolute atomic E-state index is 5.85. The van der Waals surface area contributed by atoms with Gasteiger partial charge in [0.1, 0.15) is 5.75 Å². The lowest BCUT2D eigenvalue weighted by Gasteiger charge is -2.21. The van der Waals surface area contributed by atoms with E-state index >= 15 is 0 Å². The van der Waals surface area contributed by atoms with Gasteiger partial charge in [-0.25, -0.2) is 0 Å². The predicted molar refractivity (Wildman–Crippen MR) is 75.6 cm³/mol. The molecular formula is C16H20N2O. The molecule has 0 N–H and O–H groups in total. The molecule has 1 saturated carbocycles. The minimum Gasteiger partial charge on any atom is -0.454 e. The van der Waals surface area contributed by atoms with Gasteiger partial charge < -0.3 is 4.74 Å². The number of hydrogen-bond donors (Lipinski definition) is 0. The van der Waals surface area contributed by atoms with Crippen molar-refractivity contribution in [3.63, 3.8) is 0 Å². The van der Waals surface area contributed by atoms with Crippen molar-refractivity contribution < 1.29 is 4.74 Å². The highest BCUT2D eigenvalue weighted by molar-refractivity contribution is 5.31. The van der Waals surface area contributed by atoms with E-state index in [4.69, 9.17) is 4.74 Å². The molecule has 1 heterocycles. The summed E-state index contributed by atoms with van der Waals surface area (Å²) in [6, 6.07) is 8.65. The number of rotatable bonds is 3. The standard InChI is InChI=1S/C16H20N2O/c1-13-6-5-9-15(10-13)19-16-11-17-18(12-16)14-7-3-2-4-8-14/h5-6,9-12,14H,2-4,7-8H2,1H3. The maximum Gasteiger partial charge on any atom is 0.165 e. The Bertz CT molecular complexity index is 541. The zero-order chi connectivity index (χ0) is 13.1. The Morgan fingerprint density at radius 1 is 1.16 bits per heavy atom. The molecular weight excluding hydrogens is 236 g/mol. The molecule has 0 amide bonds. The Labute approximate surface area is 114 Å². The Morgan fingerprint density at radius 2 is 2.00 bits per heavy atom. The van der Waals surface area contributed by atoms with E-state index in [0.717, 1.165) is 11.5 Å². The molecule has 2 aromatic rings. The summed E-state index contributed by atoms with van der Waals surface area (Å²) >= 11 is 0. The highest BCUT2D eigenvalue weighted by Crippen LogP contribution is 2.29. The van der Waals surface area contributed by atoms with Gasteiger partial charge >= 0.3 is 0 Å². The first kappa shape index (κ1) is 12.3. The van der Waals surface area contributed by atoms with E-state index < -0.39 is 0 Å². The molecule has 0 unspecified atom stereocenters. The lowest BCUT2D eigenvalue weighted by Crippen LogP contribution is -2.12. The fourth-order valence-corrected chi connectivity index (χ4v) is 2.73. The van der Waals surface area contributed by atoms with E-state index in [0.29, 0.717) is 6.04 Å². The van der Waals surface area contributed by atoms with Crippen molar-refractivity contribution in [2.45, 2.75) is 45.1 Å². The first-order valence-corrected chi connectivity index (χ1v) is 7.10. The molecule has 19 heavy (non-hydrogen) atoms. The van der Waals surface area contributed by atoms with Crippen LogP contribution in [0.15, 0.2) is 36.7 Å². The van der Waals surface area contributed by atoms with E-state index in [1.165, 1.54) is 37.7 Å². The Hall–Kier alpha value is -1.77. The van der Waals surface area contributed by atoms with Gasteiger partial charge in [-0.1, -0.05) is 31.4 Å². The topological polar surface area (TPSA) is 27.1 Å². The van der Waals surface area contributed by atoms with E-state index in [2.05, 4.69) is 22.8 Å². The van der Waals surface area contributed by atoms with Gasteiger partial charge in [0.2, 0.25) is 0 Å². The van der Waals surface area contributed by atoms with Gasteiger partial charge in [-0.2, -0.15) is 5.10 Å². The maximum atomic E-state index is 5.85. The molecule has 0 atom stereocenters. The molecule has 3 heteroatoms. The minimum absolute atomic E-state index is 0.559. The number of aryl methyl sites for hydroxylation is 1. The summed E-state index contributed by atoms with van der Waals surface area (Å²) < 4.78 is 7.92. The third-order valence-corrected chi connectivity index (χ3v) is 3.75. The summed E-state index contributed by atoms with van der Waals surface area (Å²) in [4.78, 5) is 0. The molecule has 0 aliphatic heterocycles. The first-order valence-electron chi connectivity index (χ1n) is 7.10. The molecule has 0 saturated heterocycles.